The second kappa shape index (κ2) is 7.87. The fourth-order valence-electron chi connectivity index (χ4n) is 1.73. The van der Waals surface area contributed by atoms with Gasteiger partial charge in [0.15, 0.2) is 0 Å². The van der Waals surface area contributed by atoms with Crippen molar-refractivity contribution in [2.45, 2.75) is 31.2 Å². The predicted molar refractivity (Wildman–Crippen MR) is 76.2 cm³/mol. The van der Waals surface area contributed by atoms with Crippen LogP contribution in [0.15, 0.2) is 23.1 Å². The second-order valence-corrected chi connectivity index (χ2v) is 6.50. The topological polar surface area (TPSA) is 72.2 Å². The standard InChI is InChI=1S/C12H18F2N2O2S.ClH/c1-8(2)3-11(7-15)16-19(17,18)12-5-9(13)4-10(14)6-12;/h4-6,8,11,16H,3,7,15H2,1-2H3;1H. The van der Waals surface area contributed by atoms with E-state index in [9.17, 15) is 17.2 Å². The molecule has 1 aromatic rings. The molecule has 0 radical (unpaired) electrons. The molecule has 0 spiro atoms. The van der Waals surface area contributed by atoms with Gasteiger partial charge < -0.3 is 5.73 Å². The lowest BCUT2D eigenvalue weighted by atomic mass is 10.1. The number of hydrogen-bond acceptors (Lipinski definition) is 3. The van der Waals surface area contributed by atoms with Gasteiger partial charge in [-0.05, 0) is 24.5 Å². The van der Waals surface area contributed by atoms with Crippen molar-refractivity contribution in [3.05, 3.63) is 29.8 Å². The number of nitrogens with two attached hydrogens (primary N) is 1. The third kappa shape index (κ3) is 5.70. The fraction of sp³-hybridized carbons (Fsp3) is 0.500. The van der Waals surface area contributed by atoms with E-state index in [0.717, 1.165) is 12.1 Å². The highest BCUT2D eigenvalue weighted by atomic mass is 35.5. The molecule has 8 heteroatoms. The average molecular weight is 329 g/mol. The minimum atomic E-state index is -3.97. The first-order chi connectivity index (χ1) is 8.74. The number of nitrogens with one attached hydrogen (secondary N) is 1. The monoisotopic (exact) mass is 328 g/mol. The molecule has 0 aromatic heterocycles. The van der Waals surface area contributed by atoms with Crippen LogP contribution in [0.4, 0.5) is 8.78 Å². The smallest absolute Gasteiger partial charge is 0.241 e. The quantitative estimate of drug-likeness (QED) is 0.839. The lowest BCUT2D eigenvalue weighted by Crippen LogP contribution is -2.41. The minimum absolute atomic E-state index is 0. The van der Waals surface area contributed by atoms with Crippen LogP contribution in [0.5, 0.6) is 0 Å². The van der Waals surface area contributed by atoms with E-state index < -0.39 is 32.6 Å². The van der Waals surface area contributed by atoms with Gasteiger partial charge in [-0.2, -0.15) is 0 Å². The molecule has 0 amide bonds. The molecule has 0 aliphatic rings. The summed E-state index contributed by atoms with van der Waals surface area (Å²) in [6, 6.07) is 1.70. The van der Waals surface area contributed by atoms with Crippen molar-refractivity contribution in [1.29, 1.82) is 0 Å². The Balaban J connectivity index is 0.00000361. The Morgan fingerprint density at radius 1 is 1.20 bits per heavy atom. The molecular formula is C12H19ClF2N2O2S. The van der Waals surface area contributed by atoms with Crippen molar-refractivity contribution in [3.63, 3.8) is 0 Å². The molecule has 4 nitrogen and oxygen atoms in total. The summed E-state index contributed by atoms with van der Waals surface area (Å²) >= 11 is 0. The van der Waals surface area contributed by atoms with E-state index in [2.05, 4.69) is 4.72 Å². The van der Waals surface area contributed by atoms with Gasteiger partial charge in [-0.3, -0.25) is 0 Å². The zero-order chi connectivity index (χ0) is 14.6. The molecule has 0 aliphatic heterocycles. The van der Waals surface area contributed by atoms with Gasteiger partial charge in [-0.1, -0.05) is 13.8 Å². The summed E-state index contributed by atoms with van der Waals surface area (Å²) in [5.41, 5.74) is 5.49. The third-order valence-electron chi connectivity index (χ3n) is 2.51. The second-order valence-electron chi connectivity index (χ2n) is 4.79. The molecule has 0 bridgehead atoms. The number of hydrogen-bond donors (Lipinski definition) is 2. The molecule has 1 atom stereocenters. The van der Waals surface area contributed by atoms with Gasteiger partial charge in [-0.15, -0.1) is 12.4 Å². The summed E-state index contributed by atoms with van der Waals surface area (Å²) in [5.74, 6) is -1.62. The van der Waals surface area contributed by atoms with Crippen LogP contribution in [0, 0.1) is 17.6 Å². The number of rotatable bonds is 6. The third-order valence-corrected chi connectivity index (χ3v) is 4.01. The SMILES string of the molecule is CC(C)CC(CN)NS(=O)(=O)c1cc(F)cc(F)c1.Cl. The van der Waals surface area contributed by atoms with Crippen molar-refractivity contribution >= 4 is 22.4 Å². The summed E-state index contributed by atoms with van der Waals surface area (Å²) in [5, 5.41) is 0. The minimum Gasteiger partial charge on any atom is -0.329 e. The summed E-state index contributed by atoms with van der Waals surface area (Å²) in [6.07, 6.45) is 0.549. The Morgan fingerprint density at radius 2 is 1.70 bits per heavy atom. The molecule has 0 fully saturated rings. The highest BCUT2D eigenvalue weighted by molar-refractivity contribution is 7.89. The van der Waals surface area contributed by atoms with Crippen LogP contribution in [-0.2, 0) is 10.0 Å². The van der Waals surface area contributed by atoms with Gasteiger partial charge in [0.2, 0.25) is 10.0 Å². The van der Waals surface area contributed by atoms with Crippen LogP contribution in [0.1, 0.15) is 20.3 Å². The lowest BCUT2D eigenvalue weighted by Gasteiger charge is -2.18. The zero-order valence-electron chi connectivity index (χ0n) is 11.3. The Morgan fingerprint density at radius 3 is 2.10 bits per heavy atom. The molecule has 1 unspecified atom stereocenters. The summed E-state index contributed by atoms with van der Waals surface area (Å²) in [7, 11) is -3.97. The van der Waals surface area contributed by atoms with Crippen LogP contribution in [0.3, 0.4) is 0 Å². The summed E-state index contributed by atoms with van der Waals surface area (Å²) < 4.78 is 52.4. The van der Waals surface area contributed by atoms with E-state index in [1.807, 2.05) is 13.8 Å². The first kappa shape index (κ1) is 19.2. The van der Waals surface area contributed by atoms with Gasteiger partial charge in [0.1, 0.15) is 11.6 Å². The van der Waals surface area contributed by atoms with Gasteiger partial charge >= 0.3 is 0 Å². The van der Waals surface area contributed by atoms with Gasteiger partial charge in [0.05, 0.1) is 4.90 Å². The highest BCUT2D eigenvalue weighted by Gasteiger charge is 2.21. The largest absolute Gasteiger partial charge is 0.329 e. The molecule has 3 N–H and O–H groups in total. The Bertz CT molecular complexity index is 518. The molecule has 0 saturated heterocycles. The zero-order valence-corrected chi connectivity index (χ0v) is 12.9. The Kier molecular flexibility index (Phi) is 7.57. The van der Waals surface area contributed by atoms with Crippen molar-refractivity contribution in [2.24, 2.45) is 11.7 Å². The summed E-state index contributed by atoms with van der Waals surface area (Å²) in [4.78, 5) is -0.438. The van der Waals surface area contributed by atoms with E-state index in [1.165, 1.54) is 0 Å². The van der Waals surface area contributed by atoms with Crippen LogP contribution in [0.25, 0.3) is 0 Å². The number of sulfonamides is 1. The van der Waals surface area contributed by atoms with E-state index in [4.69, 9.17) is 5.73 Å². The first-order valence-corrected chi connectivity index (χ1v) is 7.41. The molecule has 0 aliphatic carbocycles. The Hall–Kier alpha value is -0.760. The maximum atomic E-state index is 13.0. The molecule has 116 valence electrons. The average Bonchev–Trinajstić information content (AvgIpc) is 2.25. The number of halogens is 3. The Labute approximate surface area is 124 Å². The normalized spacial score (nSPS) is 13.1. The van der Waals surface area contributed by atoms with Crippen LogP contribution in [0.2, 0.25) is 0 Å². The fourth-order valence-corrected chi connectivity index (χ4v) is 3.04. The first-order valence-electron chi connectivity index (χ1n) is 5.93. The van der Waals surface area contributed by atoms with E-state index >= 15 is 0 Å². The van der Waals surface area contributed by atoms with Crippen LogP contribution in [-0.4, -0.2) is 21.0 Å². The van der Waals surface area contributed by atoms with Crippen molar-refractivity contribution in [1.82, 2.24) is 4.72 Å². The molecule has 1 rings (SSSR count). The van der Waals surface area contributed by atoms with Crippen molar-refractivity contribution in [3.8, 4) is 0 Å². The summed E-state index contributed by atoms with van der Waals surface area (Å²) in [6.45, 7) is 3.98. The van der Waals surface area contributed by atoms with Gasteiger partial charge in [0.25, 0.3) is 0 Å². The predicted octanol–water partition coefficient (Wildman–Crippen LogP) is 2.04. The van der Waals surface area contributed by atoms with Crippen molar-refractivity contribution in [2.75, 3.05) is 6.54 Å². The van der Waals surface area contributed by atoms with E-state index in [1.54, 1.807) is 0 Å². The molecule has 0 heterocycles. The molecule has 0 saturated carbocycles. The van der Waals surface area contributed by atoms with E-state index in [-0.39, 0.29) is 24.9 Å². The lowest BCUT2D eigenvalue weighted by molar-refractivity contribution is 0.464. The van der Waals surface area contributed by atoms with Crippen LogP contribution >= 0.6 is 12.4 Å². The molecule has 20 heavy (non-hydrogen) atoms. The van der Waals surface area contributed by atoms with Crippen molar-refractivity contribution < 1.29 is 17.2 Å². The molecular weight excluding hydrogens is 310 g/mol. The maximum Gasteiger partial charge on any atom is 0.241 e. The van der Waals surface area contributed by atoms with E-state index in [0.29, 0.717) is 12.5 Å². The number of benzene rings is 1. The van der Waals surface area contributed by atoms with Crippen LogP contribution < -0.4 is 10.5 Å². The highest BCUT2D eigenvalue weighted by Crippen LogP contribution is 2.15. The molecule has 1 aromatic carbocycles. The van der Waals surface area contributed by atoms with Gasteiger partial charge in [0, 0.05) is 18.7 Å². The maximum absolute atomic E-state index is 13.0. The van der Waals surface area contributed by atoms with Gasteiger partial charge in [-0.25, -0.2) is 21.9 Å².